The number of hydrogen-bond donors (Lipinski definition) is 0. The van der Waals surface area contributed by atoms with Crippen molar-refractivity contribution in [1.82, 2.24) is 0 Å². The van der Waals surface area contributed by atoms with E-state index in [9.17, 15) is 0 Å². The fraction of sp³-hybridized carbons (Fsp3) is 0.167. The third-order valence-electron chi connectivity index (χ3n) is 3.36. The van der Waals surface area contributed by atoms with Crippen molar-refractivity contribution in [2.24, 2.45) is 4.99 Å². The average Bonchev–Trinajstić information content (AvgIpc) is 3.00. The smallest absolute Gasteiger partial charge is 0.217 e. The highest BCUT2D eigenvalue weighted by Crippen LogP contribution is 2.20. The molecule has 0 aromatic heterocycles. The summed E-state index contributed by atoms with van der Waals surface area (Å²) in [5, 5.41) is 0. The minimum atomic E-state index is 0.686. The van der Waals surface area contributed by atoms with Crippen molar-refractivity contribution in [2.45, 2.75) is 6.92 Å². The van der Waals surface area contributed by atoms with Gasteiger partial charge in [0, 0.05) is 5.56 Å². The quantitative estimate of drug-likeness (QED) is 0.769. The predicted octanol–water partition coefficient (Wildman–Crippen LogP) is 3.94. The first kappa shape index (κ1) is 12.7. The third-order valence-corrected chi connectivity index (χ3v) is 3.36. The van der Waals surface area contributed by atoms with E-state index in [0.29, 0.717) is 6.61 Å². The zero-order valence-corrected chi connectivity index (χ0v) is 11.5. The van der Waals surface area contributed by atoms with Crippen molar-refractivity contribution in [2.75, 3.05) is 13.2 Å². The summed E-state index contributed by atoms with van der Waals surface area (Å²) >= 11 is 0. The van der Waals surface area contributed by atoms with Crippen LogP contribution >= 0.6 is 0 Å². The standard InChI is InChI=1S/C18H17NO/c1-14-6-5-9-16(17(14)18-19-12-13-20-18)11-10-15-7-3-2-4-8-15/h2-11H,12-13H2,1H3/b11-10+. The molecule has 2 nitrogen and oxygen atoms in total. The van der Waals surface area contributed by atoms with E-state index in [1.807, 2.05) is 18.2 Å². The SMILES string of the molecule is Cc1cccc(/C=C/c2ccccc2)c1C1=NCCO1. The van der Waals surface area contributed by atoms with E-state index in [2.05, 4.69) is 54.4 Å². The maximum atomic E-state index is 5.63. The maximum absolute atomic E-state index is 5.63. The van der Waals surface area contributed by atoms with E-state index < -0.39 is 0 Å². The maximum Gasteiger partial charge on any atom is 0.217 e. The molecule has 0 amide bonds. The number of hydrogen-bond acceptors (Lipinski definition) is 2. The van der Waals surface area contributed by atoms with Crippen LogP contribution in [-0.2, 0) is 4.74 Å². The molecule has 100 valence electrons. The van der Waals surface area contributed by atoms with Crippen molar-refractivity contribution >= 4 is 18.0 Å². The van der Waals surface area contributed by atoms with E-state index in [1.165, 1.54) is 11.1 Å². The van der Waals surface area contributed by atoms with E-state index >= 15 is 0 Å². The summed E-state index contributed by atoms with van der Waals surface area (Å²) in [5.74, 6) is 0.774. The van der Waals surface area contributed by atoms with Gasteiger partial charge in [-0.25, -0.2) is 4.99 Å². The molecule has 0 atom stereocenters. The van der Waals surface area contributed by atoms with Crippen LogP contribution < -0.4 is 0 Å². The van der Waals surface area contributed by atoms with Crippen LogP contribution in [0.4, 0.5) is 0 Å². The molecule has 0 fully saturated rings. The molecule has 3 rings (SSSR count). The van der Waals surface area contributed by atoms with Crippen LogP contribution in [0.3, 0.4) is 0 Å². The van der Waals surface area contributed by atoms with Gasteiger partial charge in [-0.2, -0.15) is 0 Å². The van der Waals surface area contributed by atoms with Gasteiger partial charge in [0.05, 0.1) is 6.54 Å². The highest BCUT2D eigenvalue weighted by Gasteiger charge is 2.15. The molecule has 0 spiro atoms. The summed E-state index contributed by atoms with van der Waals surface area (Å²) < 4.78 is 5.63. The Hall–Kier alpha value is -2.35. The molecule has 0 radical (unpaired) electrons. The van der Waals surface area contributed by atoms with Crippen LogP contribution in [0.5, 0.6) is 0 Å². The molecule has 2 aromatic rings. The Morgan fingerprint density at radius 1 is 1.00 bits per heavy atom. The molecule has 2 heteroatoms. The van der Waals surface area contributed by atoms with Gasteiger partial charge in [0.15, 0.2) is 0 Å². The van der Waals surface area contributed by atoms with Crippen LogP contribution in [-0.4, -0.2) is 19.0 Å². The first-order valence-corrected chi connectivity index (χ1v) is 6.85. The summed E-state index contributed by atoms with van der Waals surface area (Å²) in [7, 11) is 0. The number of nitrogens with zero attached hydrogens (tertiary/aromatic N) is 1. The summed E-state index contributed by atoms with van der Waals surface area (Å²) in [5.41, 5.74) is 4.64. The largest absolute Gasteiger partial charge is 0.475 e. The van der Waals surface area contributed by atoms with Gasteiger partial charge in [-0.3, -0.25) is 0 Å². The first-order chi connectivity index (χ1) is 9.84. The second-order valence-electron chi connectivity index (χ2n) is 4.82. The lowest BCUT2D eigenvalue weighted by Crippen LogP contribution is -2.05. The molecule has 1 heterocycles. The van der Waals surface area contributed by atoms with Gasteiger partial charge in [-0.1, -0.05) is 60.7 Å². The molecule has 1 aliphatic heterocycles. The van der Waals surface area contributed by atoms with Gasteiger partial charge in [0.2, 0.25) is 5.90 Å². The van der Waals surface area contributed by atoms with Crippen LogP contribution in [0.2, 0.25) is 0 Å². The lowest BCUT2D eigenvalue weighted by atomic mass is 10.0. The highest BCUT2D eigenvalue weighted by atomic mass is 16.5. The molecule has 20 heavy (non-hydrogen) atoms. The molecule has 0 saturated carbocycles. The van der Waals surface area contributed by atoms with Crippen LogP contribution in [0.25, 0.3) is 12.2 Å². The zero-order valence-electron chi connectivity index (χ0n) is 11.5. The Bertz CT molecular complexity index is 656. The zero-order chi connectivity index (χ0) is 13.8. The minimum absolute atomic E-state index is 0.686. The Labute approximate surface area is 119 Å². The van der Waals surface area contributed by atoms with E-state index in [4.69, 9.17) is 4.74 Å². The Kier molecular flexibility index (Phi) is 3.64. The van der Waals surface area contributed by atoms with Crippen LogP contribution in [0.1, 0.15) is 22.3 Å². The molecule has 2 aromatic carbocycles. The fourth-order valence-electron chi connectivity index (χ4n) is 2.36. The second-order valence-corrected chi connectivity index (χ2v) is 4.82. The number of rotatable bonds is 3. The van der Waals surface area contributed by atoms with Crippen LogP contribution in [0, 0.1) is 6.92 Å². The van der Waals surface area contributed by atoms with Crippen molar-refractivity contribution in [3.05, 3.63) is 70.8 Å². The molecular formula is C18H17NO. The summed E-state index contributed by atoms with van der Waals surface area (Å²) in [6.07, 6.45) is 4.25. The van der Waals surface area contributed by atoms with Crippen molar-refractivity contribution in [3.63, 3.8) is 0 Å². The highest BCUT2D eigenvalue weighted by molar-refractivity contribution is 6.00. The molecule has 0 N–H and O–H groups in total. The lowest BCUT2D eigenvalue weighted by Gasteiger charge is -2.09. The predicted molar refractivity (Wildman–Crippen MR) is 83.9 cm³/mol. The van der Waals surface area contributed by atoms with Gasteiger partial charge < -0.3 is 4.74 Å². The van der Waals surface area contributed by atoms with Crippen LogP contribution in [0.15, 0.2) is 53.5 Å². The van der Waals surface area contributed by atoms with E-state index in [1.54, 1.807) is 0 Å². The number of benzene rings is 2. The lowest BCUT2D eigenvalue weighted by molar-refractivity contribution is 0.348. The van der Waals surface area contributed by atoms with Crippen molar-refractivity contribution in [1.29, 1.82) is 0 Å². The van der Waals surface area contributed by atoms with Gasteiger partial charge >= 0.3 is 0 Å². The van der Waals surface area contributed by atoms with Crippen molar-refractivity contribution < 1.29 is 4.74 Å². The molecule has 1 aliphatic rings. The monoisotopic (exact) mass is 263 g/mol. The van der Waals surface area contributed by atoms with E-state index in [0.717, 1.165) is 23.6 Å². The number of aliphatic imine (C=N–C) groups is 1. The third kappa shape index (κ3) is 2.64. The normalized spacial score (nSPS) is 14.3. The first-order valence-electron chi connectivity index (χ1n) is 6.85. The molecule has 0 aliphatic carbocycles. The molecule has 0 saturated heterocycles. The topological polar surface area (TPSA) is 21.6 Å². The fourth-order valence-corrected chi connectivity index (χ4v) is 2.36. The Morgan fingerprint density at radius 2 is 1.85 bits per heavy atom. The second kappa shape index (κ2) is 5.74. The summed E-state index contributed by atoms with van der Waals surface area (Å²) in [6, 6.07) is 16.6. The Balaban J connectivity index is 1.97. The van der Waals surface area contributed by atoms with Gasteiger partial charge in [-0.05, 0) is 23.6 Å². The number of aryl methyl sites for hydroxylation is 1. The summed E-state index contributed by atoms with van der Waals surface area (Å²) in [6.45, 7) is 3.54. The van der Waals surface area contributed by atoms with Gasteiger partial charge in [0.25, 0.3) is 0 Å². The average molecular weight is 263 g/mol. The molecule has 0 unspecified atom stereocenters. The molecular weight excluding hydrogens is 246 g/mol. The Morgan fingerprint density at radius 3 is 2.60 bits per heavy atom. The van der Waals surface area contributed by atoms with Crippen molar-refractivity contribution in [3.8, 4) is 0 Å². The van der Waals surface area contributed by atoms with Gasteiger partial charge in [0.1, 0.15) is 6.61 Å². The van der Waals surface area contributed by atoms with E-state index in [-0.39, 0.29) is 0 Å². The van der Waals surface area contributed by atoms with Gasteiger partial charge in [-0.15, -0.1) is 0 Å². The summed E-state index contributed by atoms with van der Waals surface area (Å²) in [4.78, 5) is 4.44. The number of ether oxygens (including phenoxy) is 1. The minimum Gasteiger partial charge on any atom is -0.475 e. The molecule has 0 bridgehead atoms.